The third kappa shape index (κ3) is 3.75. The number of benzene rings is 1. The molecule has 2 atom stereocenters. The van der Waals surface area contributed by atoms with Gasteiger partial charge in [-0.1, -0.05) is 44.5 Å². The van der Waals surface area contributed by atoms with Gasteiger partial charge in [-0.25, -0.2) is 0 Å². The van der Waals surface area contributed by atoms with E-state index in [1.807, 2.05) is 20.8 Å². The lowest BCUT2D eigenvalue weighted by atomic mass is 9.82. The summed E-state index contributed by atoms with van der Waals surface area (Å²) in [6, 6.07) is 4.29. The summed E-state index contributed by atoms with van der Waals surface area (Å²) in [5.41, 5.74) is 6.04. The topological polar surface area (TPSA) is 66.5 Å². The number of nitrogens with two attached hydrogens (primary N) is 1. The molecule has 1 aromatic carbocycles. The molecule has 0 aliphatic carbocycles. The van der Waals surface area contributed by atoms with E-state index in [0.717, 1.165) is 0 Å². The average molecular weight is 280 g/mol. The number of aliphatic hydroxyl groups is 1. The second-order valence-electron chi connectivity index (χ2n) is 5.01. The number of phenolic OH excluding ortho intramolecular Hbond substituents is 1. The number of halogens is 2. The maximum atomic E-state index is 10.0. The van der Waals surface area contributed by atoms with Gasteiger partial charge in [0.15, 0.2) is 0 Å². The molecule has 3 nitrogen and oxygen atoms in total. The Morgan fingerprint density at radius 2 is 1.82 bits per heavy atom. The summed E-state index contributed by atoms with van der Waals surface area (Å²) >= 11 is 5.79. The quantitative estimate of drug-likeness (QED) is 0.780. The normalized spacial score (nSPS) is 14.9. The highest BCUT2D eigenvalue weighted by atomic mass is 35.5. The molecule has 0 radical (unpaired) electrons. The molecule has 0 saturated heterocycles. The molecule has 1 aromatic rings. The van der Waals surface area contributed by atoms with Crippen LogP contribution >= 0.6 is 24.0 Å². The summed E-state index contributed by atoms with van der Waals surface area (Å²) in [6.07, 6.45) is -0.753. The standard InChI is InChI=1S/C12H18ClNO2.ClH/c1-12(2,3)11(16)9(14)7-5-4-6-8(13)10(7)15;/h4-6,9,11,15-16H,14H2,1-3H3;1H/t9-,11-;/m0./s1. The van der Waals surface area contributed by atoms with Crippen LogP contribution in [0.2, 0.25) is 5.02 Å². The van der Waals surface area contributed by atoms with Crippen LogP contribution in [-0.2, 0) is 0 Å². The minimum absolute atomic E-state index is 0. The van der Waals surface area contributed by atoms with Gasteiger partial charge in [-0.3, -0.25) is 0 Å². The fourth-order valence-corrected chi connectivity index (χ4v) is 1.69. The van der Waals surface area contributed by atoms with Crippen LogP contribution in [-0.4, -0.2) is 16.3 Å². The molecular weight excluding hydrogens is 261 g/mol. The second kappa shape index (κ2) is 5.91. The first kappa shape index (κ1) is 16.5. The lowest BCUT2D eigenvalue weighted by Gasteiger charge is -2.31. The van der Waals surface area contributed by atoms with E-state index in [-0.39, 0.29) is 28.6 Å². The summed E-state index contributed by atoms with van der Waals surface area (Å²) in [5.74, 6) is -0.0556. The number of hydrogen-bond acceptors (Lipinski definition) is 3. The fourth-order valence-electron chi connectivity index (χ4n) is 1.51. The van der Waals surface area contributed by atoms with Gasteiger partial charge in [-0.15, -0.1) is 12.4 Å². The molecule has 1 rings (SSSR count). The van der Waals surface area contributed by atoms with Crippen LogP contribution in [0.25, 0.3) is 0 Å². The first-order chi connectivity index (χ1) is 7.25. The molecule has 0 saturated carbocycles. The molecule has 4 N–H and O–H groups in total. The monoisotopic (exact) mass is 279 g/mol. The average Bonchev–Trinajstić information content (AvgIpc) is 2.18. The summed E-state index contributed by atoms with van der Waals surface area (Å²) in [5, 5.41) is 20.0. The SMILES string of the molecule is CC(C)(C)[C@@H](O)[C@@H](N)c1cccc(Cl)c1O.Cl. The number of phenols is 1. The Morgan fingerprint density at radius 3 is 2.29 bits per heavy atom. The predicted molar refractivity (Wildman–Crippen MR) is 72.8 cm³/mol. The maximum Gasteiger partial charge on any atom is 0.139 e. The maximum absolute atomic E-state index is 10.0. The molecule has 98 valence electrons. The number of para-hydroxylation sites is 1. The molecule has 0 fully saturated rings. The van der Waals surface area contributed by atoms with Crippen molar-refractivity contribution in [3.8, 4) is 5.75 Å². The van der Waals surface area contributed by atoms with Crippen molar-refractivity contribution >= 4 is 24.0 Å². The fraction of sp³-hybridized carbons (Fsp3) is 0.500. The molecule has 5 heteroatoms. The molecule has 17 heavy (non-hydrogen) atoms. The molecule has 0 unspecified atom stereocenters. The molecular formula is C12H19Cl2NO2. The van der Waals surface area contributed by atoms with Crippen molar-refractivity contribution in [3.63, 3.8) is 0 Å². The van der Waals surface area contributed by atoms with E-state index in [4.69, 9.17) is 17.3 Å². The lowest BCUT2D eigenvalue weighted by Crippen LogP contribution is -2.37. The van der Waals surface area contributed by atoms with Crippen LogP contribution < -0.4 is 5.73 Å². The van der Waals surface area contributed by atoms with Gasteiger partial charge in [-0.05, 0) is 11.5 Å². The van der Waals surface area contributed by atoms with E-state index in [2.05, 4.69) is 0 Å². The zero-order valence-electron chi connectivity index (χ0n) is 10.1. The molecule has 0 amide bonds. The molecule has 0 aliphatic rings. The third-order valence-electron chi connectivity index (χ3n) is 2.60. The van der Waals surface area contributed by atoms with E-state index >= 15 is 0 Å². The Labute approximate surface area is 113 Å². The smallest absolute Gasteiger partial charge is 0.139 e. The molecule has 0 aromatic heterocycles. The van der Waals surface area contributed by atoms with Crippen molar-refractivity contribution in [3.05, 3.63) is 28.8 Å². The number of hydrogen-bond donors (Lipinski definition) is 3. The van der Waals surface area contributed by atoms with Crippen LogP contribution in [0.4, 0.5) is 0 Å². The Bertz CT molecular complexity index is 377. The van der Waals surface area contributed by atoms with Crippen molar-refractivity contribution in [1.82, 2.24) is 0 Å². The second-order valence-corrected chi connectivity index (χ2v) is 5.42. The van der Waals surface area contributed by atoms with Crippen molar-refractivity contribution < 1.29 is 10.2 Å². The van der Waals surface area contributed by atoms with Gasteiger partial charge in [0.1, 0.15) is 5.75 Å². The van der Waals surface area contributed by atoms with E-state index in [9.17, 15) is 10.2 Å². The van der Waals surface area contributed by atoms with Crippen LogP contribution in [0.5, 0.6) is 5.75 Å². The Balaban J connectivity index is 0.00000256. The van der Waals surface area contributed by atoms with Crippen LogP contribution in [0, 0.1) is 5.41 Å². The Hall–Kier alpha value is -0.480. The zero-order valence-corrected chi connectivity index (χ0v) is 11.7. The highest BCUT2D eigenvalue weighted by Gasteiger charge is 2.30. The van der Waals surface area contributed by atoms with E-state index in [0.29, 0.717) is 5.56 Å². The van der Waals surface area contributed by atoms with Gasteiger partial charge in [0.2, 0.25) is 0 Å². The van der Waals surface area contributed by atoms with E-state index < -0.39 is 12.1 Å². The largest absolute Gasteiger partial charge is 0.506 e. The first-order valence-corrected chi connectivity index (χ1v) is 5.54. The predicted octanol–water partition coefficient (Wildman–Crippen LogP) is 2.87. The van der Waals surface area contributed by atoms with Gasteiger partial charge < -0.3 is 15.9 Å². The summed E-state index contributed by atoms with van der Waals surface area (Å²) in [4.78, 5) is 0. The zero-order chi connectivity index (χ0) is 12.5. The van der Waals surface area contributed by atoms with Gasteiger partial charge in [0, 0.05) is 5.56 Å². The summed E-state index contributed by atoms with van der Waals surface area (Å²) in [7, 11) is 0. The van der Waals surface area contributed by atoms with E-state index in [1.54, 1.807) is 18.2 Å². The summed E-state index contributed by atoms with van der Waals surface area (Å²) < 4.78 is 0. The van der Waals surface area contributed by atoms with Crippen molar-refractivity contribution in [2.24, 2.45) is 11.1 Å². The third-order valence-corrected chi connectivity index (χ3v) is 2.91. The van der Waals surface area contributed by atoms with Crippen molar-refractivity contribution in [2.75, 3.05) is 0 Å². The van der Waals surface area contributed by atoms with Gasteiger partial charge >= 0.3 is 0 Å². The van der Waals surface area contributed by atoms with E-state index in [1.165, 1.54) is 0 Å². The van der Waals surface area contributed by atoms with Crippen molar-refractivity contribution in [1.29, 1.82) is 0 Å². The van der Waals surface area contributed by atoms with Gasteiger partial charge in [0.25, 0.3) is 0 Å². The summed E-state index contributed by atoms with van der Waals surface area (Å²) in [6.45, 7) is 5.66. The Morgan fingerprint density at radius 1 is 1.29 bits per heavy atom. The molecule has 0 aliphatic heterocycles. The minimum Gasteiger partial charge on any atom is -0.506 e. The van der Waals surface area contributed by atoms with Gasteiger partial charge in [-0.2, -0.15) is 0 Å². The molecule has 0 spiro atoms. The number of aliphatic hydroxyl groups excluding tert-OH is 1. The van der Waals surface area contributed by atoms with Crippen molar-refractivity contribution in [2.45, 2.75) is 32.9 Å². The lowest BCUT2D eigenvalue weighted by molar-refractivity contribution is 0.0395. The molecule has 0 heterocycles. The highest BCUT2D eigenvalue weighted by Crippen LogP contribution is 2.35. The minimum atomic E-state index is -0.753. The molecule has 0 bridgehead atoms. The number of aromatic hydroxyl groups is 1. The number of rotatable bonds is 2. The van der Waals surface area contributed by atoms with Crippen LogP contribution in [0.15, 0.2) is 18.2 Å². The highest BCUT2D eigenvalue weighted by molar-refractivity contribution is 6.32. The Kier molecular flexibility index (Phi) is 5.75. The van der Waals surface area contributed by atoms with Gasteiger partial charge in [0.05, 0.1) is 17.2 Å². The first-order valence-electron chi connectivity index (χ1n) is 5.16. The van der Waals surface area contributed by atoms with Crippen LogP contribution in [0.1, 0.15) is 32.4 Å². The van der Waals surface area contributed by atoms with Crippen LogP contribution in [0.3, 0.4) is 0 Å².